The van der Waals surface area contributed by atoms with E-state index in [1.807, 2.05) is 24.5 Å². The van der Waals surface area contributed by atoms with Gasteiger partial charge in [0, 0.05) is 30.2 Å². The number of rotatable bonds is 6. The van der Waals surface area contributed by atoms with Crippen molar-refractivity contribution in [1.82, 2.24) is 4.57 Å². The molecular formula is C15H18N2O4. The van der Waals surface area contributed by atoms with Crippen LogP contribution in [-0.4, -0.2) is 31.8 Å². The lowest BCUT2D eigenvalue weighted by atomic mass is 10.2. The third-order valence-electron chi connectivity index (χ3n) is 2.94. The third-order valence-corrected chi connectivity index (χ3v) is 2.94. The summed E-state index contributed by atoms with van der Waals surface area (Å²) in [5.74, 6) is 1.34. The lowest BCUT2D eigenvalue weighted by molar-refractivity contribution is -0.116. The molecule has 2 rings (SSSR count). The Morgan fingerprint density at radius 1 is 1.05 bits per heavy atom. The van der Waals surface area contributed by atoms with Crippen molar-refractivity contribution in [2.24, 2.45) is 0 Å². The number of ether oxygens (including phenoxy) is 3. The smallest absolute Gasteiger partial charge is 0.244 e. The van der Waals surface area contributed by atoms with Gasteiger partial charge in [-0.1, -0.05) is 0 Å². The van der Waals surface area contributed by atoms with Gasteiger partial charge in [-0.05, 0) is 12.1 Å². The molecule has 1 aromatic heterocycles. The molecule has 0 aliphatic rings. The van der Waals surface area contributed by atoms with Crippen molar-refractivity contribution in [3.05, 3.63) is 36.7 Å². The molecule has 1 amide bonds. The van der Waals surface area contributed by atoms with Crippen LogP contribution in [0, 0.1) is 0 Å². The maximum absolute atomic E-state index is 12.0. The summed E-state index contributed by atoms with van der Waals surface area (Å²) in [5, 5.41) is 2.81. The summed E-state index contributed by atoms with van der Waals surface area (Å²) in [5.41, 5.74) is 0.585. The van der Waals surface area contributed by atoms with E-state index in [0.717, 1.165) is 0 Å². The monoisotopic (exact) mass is 290 g/mol. The topological polar surface area (TPSA) is 61.7 Å². The Hall–Kier alpha value is -2.63. The molecule has 0 bridgehead atoms. The minimum atomic E-state index is -0.138. The lowest BCUT2D eigenvalue weighted by Gasteiger charge is -2.14. The number of benzene rings is 1. The first kappa shape index (κ1) is 14.8. The summed E-state index contributed by atoms with van der Waals surface area (Å²) in [6.45, 7) is 0.240. The standard InChI is InChI=1S/C15H18N2O4/c1-19-12-8-11(9-13(20-2)15(12)21-3)16-14(18)10-17-6-4-5-7-17/h4-9H,10H2,1-3H3,(H,16,18). The lowest BCUT2D eigenvalue weighted by Crippen LogP contribution is -2.17. The first-order valence-electron chi connectivity index (χ1n) is 6.38. The van der Waals surface area contributed by atoms with Crippen molar-refractivity contribution in [2.75, 3.05) is 26.6 Å². The maximum atomic E-state index is 12.0. The molecule has 0 fully saturated rings. The van der Waals surface area contributed by atoms with Crippen molar-refractivity contribution >= 4 is 11.6 Å². The molecule has 0 aliphatic carbocycles. The Balaban J connectivity index is 2.17. The molecule has 6 nitrogen and oxygen atoms in total. The quantitative estimate of drug-likeness (QED) is 0.885. The maximum Gasteiger partial charge on any atom is 0.244 e. The van der Waals surface area contributed by atoms with Gasteiger partial charge in [-0.2, -0.15) is 0 Å². The molecule has 0 atom stereocenters. The Morgan fingerprint density at radius 2 is 1.62 bits per heavy atom. The fraction of sp³-hybridized carbons (Fsp3) is 0.267. The fourth-order valence-corrected chi connectivity index (χ4v) is 2.00. The van der Waals surface area contributed by atoms with Crippen LogP contribution < -0.4 is 19.5 Å². The molecular weight excluding hydrogens is 272 g/mol. The second kappa shape index (κ2) is 6.69. The van der Waals surface area contributed by atoms with E-state index in [4.69, 9.17) is 14.2 Å². The minimum absolute atomic E-state index is 0.138. The number of methoxy groups -OCH3 is 3. The van der Waals surface area contributed by atoms with Gasteiger partial charge >= 0.3 is 0 Å². The highest BCUT2D eigenvalue weighted by molar-refractivity contribution is 5.91. The molecule has 0 saturated carbocycles. The molecule has 0 spiro atoms. The Labute approximate surface area is 123 Å². The van der Waals surface area contributed by atoms with Crippen LogP contribution >= 0.6 is 0 Å². The second-order valence-corrected chi connectivity index (χ2v) is 4.32. The van der Waals surface area contributed by atoms with Crippen molar-refractivity contribution in [3.8, 4) is 17.2 Å². The number of anilines is 1. The van der Waals surface area contributed by atoms with Gasteiger partial charge in [0.25, 0.3) is 0 Å². The molecule has 21 heavy (non-hydrogen) atoms. The average Bonchev–Trinajstić information content (AvgIpc) is 2.98. The predicted molar refractivity (Wildman–Crippen MR) is 79.2 cm³/mol. The third kappa shape index (κ3) is 3.47. The van der Waals surface area contributed by atoms with Crippen molar-refractivity contribution < 1.29 is 19.0 Å². The van der Waals surface area contributed by atoms with E-state index < -0.39 is 0 Å². The van der Waals surface area contributed by atoms with E-state index in [0.29, 0.717) is 22.9 Å². The second-order valence-electron chi connectivity index (χ2n) is 4.32. The number of hydrogen-bond donors (Lipinski definition) is 1. The van der Waals surface area contributed by atoms with E-state index in [1.54, 1.807) is 16.7 Å². The van der Waals surface area contributed by atoms with Gasteiger partial charge in [0.05, 0.1) is 21.3 Å². The molecule has 1 N–H and O–H groups in total. The van der Waals surface area contributed by atoms with Crippen LogP contribution in [-0.2, 0) is 11.3 Å². The summed E-state index contributed by atoms with van der Waals surface area (Å²) in [6, 6.07) is 7.11. The molecule has 0 radical (unpaired) electrons. The number of carbonyl (C=O) groups is 1. The Morgan fingerprint density at radius 3 is 2.10 bits per heavy atom. The first-order valence-corrected chi connectivity index (χ1v) is 6.38. The number of carbonyl (C=O) groups excluding carboxylic acids is 1. The zero-order valence-corrected chi connectivity index (χ0v) is 12.3. The zero-order valence-electron chi connectivity index (χ0n) is 12.3. The Kier molecular flexibility index (Phi) is 4.71. The van der Waals surface area contributed by atoms with Crippen LogP contribution in [0.25, 0.3) is 0 Å². The van der Waals surface area contributed by atoms with E-state index >= 15 is 0 Å². The van der Waals surface area contributed by atoms with Gasteiger partial charge in [-0.3, -0.25) is 4.79 Å². The van der Waals surface area contributed by atoms with Gasteiger partial charge < -0.3 is 24.1 Å². The van der Waals surface area contributed by atoms with E-state index in [9.17, 15) is 4.79 Å². The largest absolute Gasteiger partial charge is 0.493 e. The number of nitrogens with zero attached hydrogens (tertiary/aromatic N) is 1. The van der Waals surface area contributed by atoms with Crippen molar-refractivity contribution in [2.45, 2.75) is 6.54 Å². The number of nitrogens with one attached hydrogen (secondary N) is 1. The number of hydrogen-bond acceptors (Lipinski definition) is 4. The fourth-order valence-electron chi connectivity index (χ4n) is 2.00. The van der Waals surface area contributed by atoms with Gasteiger partial charge in [0.1, 0.15) is 6.54 Å². The van der Waals surface area contributed by atoms with Crippen LogP contribution in [0.4, 0.5) is 5.69 Å². The van der Waals surface area contributed by atoms with Crippen molar-refractivity contribution in [1.29, 1.82) is 0 Å². The normalized spacial score (nSPS) is 10.0. The minimum Gasteiger partial charge on any atom is -0.493 e. The Bertz CT molecular complexity index is 583. The summed E-state index contributed by atoms with van der Waals surface area (Å²) < 4.78 is 17.5. The van der Waals surface area contributed by atoms with Crippen molar-refractivity contribution in [3.63, 3.8) is 0 Å². The predicted octanol–water partition coefficient (Wildman–Crippen LogP) is 2.15. The molecule has 1 aromatic carbocycles. The number of aromatic nitrogens is 1. The summed E-state index contributed by atoms with van der Waals surface area (Å²) in [6.07, 6.45) is 3.66. The highest BCUT2D eigenvalue weighted by atomic mass is 16.5. The molecule has 0 unspecified atom stereocenters. The summed E-state index contributed by atoms with van der Waals surface area (Å²) in [4.78, 5) is 12.0. The van der Waals surface area contributed by atoms with Gasteiger partial charge in [0.2, 0.25) is 11.7 Å². The van der Waals surface area contributed by atoms with E-state index in [1.165, 1.54) is 21.3 Å². The summed E-state index contributed by atoms with van der Waals surface area (Å²) >= 11 is 0. The van der Waals surface area contributed by atoms with Crippen LogP contribution in [0.2, 0.25) is 0 Å². The van der Waals surface area contributed by atoms with Gasteiger partial charge in [-0.25, -0.2) is 0 Å². The van der Waals surface area contributed by atoms with Crippen LogP contribution in [0.3, 0.4) is 0 Å². The molecule has 112 valence electrons. The van der Waals surface area contributed by atoms with Gasteiger partial charge in [-0.15, -0.1) is 0 Å². The highest BCUT2D eigenvalue weighted by Gasteiger charge is 2.14. The van der Waals surface area contributed by atoms with Crippen LogP contribution in [0.15, 0.2) is 36.7 Å². The highest BCUT2D eigenvalue weighted by Crippen LogP contribution is 2.39. The molecule has 6 heteroatoms. The van der Waals surface area contributed by atoms with Crippen LogP contribution in [0.5, 0.6) is 17.2 Å². The molecule has 0 saturated heterocycles. The van der Waals surface area contributed by atoms with Gasteiger partial charge in [0.15, 0.2) is 11.5 Å². The summed E-state index contributed by atoms with van der Waals surface area (Å²) in [7, 11) is 4.59. The molecule has 1 heterocycles. The van der Waals surface area contributed by atoms with Crippen LogP contribution in [0.1, 0.15) is 0 Å². The molecule has 2 aromatic rings. The van der Waals surface area contributed by atoms with E-state index in [-0.39, 0.29) is 12.5 Å². The first-order chi connectivity index (χ1) is 10.2. The number of amides is 1. The average molecular weight is 290 g/mol. The zero-order chi connectivity index (χ0) is 15.2. The SMILES string of the molecule is COc1cc(NC(=O)Cn2cccc2)cc(OC)c1OC. The van der Waals surface area contributed by atoms with E-state index in [2.05, 4.69) is 5.32 Å². The molecule has 0 aliphatic heterocycles.